The van der Waals surface area contributed by atoms with Crippen LogP contribution in [0.4, 0.5) is 19.4 Å². The molecular weight excluding hydrogens is 512 g/mol. The molecule has 9 nitrogen and oxygen atoms in total. The van der Waals surface area contributed by atoms with E-state index in [1.165, 1.54) is 57.8 Å². The van der Waals surface area contributed by atoms with E-state index in [1.54, 1.807) is 0 Å². The van der Waals surface area contributed by atoms with Crippen molar-refractivity contribution < 1.29 is 33.3 Å². The molecule has 0 bridgehead atoms. The van der Waals surface area contributed by atoms with E-state index in [2.05, 4.69) is 29.4 Å². The minimum Gasteiger partial charge on any atom is -0.449 e. The van der Waals surface area contributed by atoms with Crippen LogP contribution in [0.15, 0.2) is 29.2 Å². The summed E-state index contributed by atoms with van der Waals surface area (Å²) in [5, 5.41) is 21.0. The van der Waals surface area contributed by atoms with Crippen LogP contribution >= 0.6 is 0 Å². The molecule has 0 saturated carbocycles. The minimum absolute atomic E-state index is 0.164. The highest BCUT2D eigenvalue weighted by atomic mass is 19.3. The number of hydrogen-bond donors (Lipinski definition) is 3. The Balaban J connectivity index is 1.53. The normalized spacial score (nSPS) is 20.5. The van der Waals surface area contributed by atoms with Crippen molar-refractivity contribution in [2.75, 3.05) is 18.5 Å². The van der Waals surface area contributed by atoms with Crippen LogP contribution < -0.4 is 11.0 Å². The van der Waals surface area contributed by atoms with Crippen molar-refractivity contribution in [1.29, 1.82) is 0 Å². The predicted octanol–water partition coefficient (Wildman–Crippen LogP) is 5.72. The minimum atomic E-state index is -3.81. The first kappa shape index (κ1) is 32.8. The molecule has 2 heterocycles. The number of aliphatic hydroxyl groups is 2. The highest BCUT2D eigenvalue weighted by Gasteiger charge is 2.59. The van der Waals surface area contributed by atoms with E-state index in [-0.39, 0.29) is 12.4 Å². The summed E-state index contributed by atoms with van der Waals surface area (Å²) in [6.07, 6.45) is 15.3. The summed E-state index contributed by atoms with van der Waals surface area (Å²) in [4.78, 5) is 27.7. The first-order chi connectivity index (χ1) is 18.8. The Kier molecular flexibility index (Phi) is 15.2. The maximum Gasteiger partial charge on any atom is 0.412 e. The van der Waals surface area contributed by atoms with Crippen LogP contribution in [0.3, 0.4) is 0 Å². The van der Waals surface area contributed by atoms with E-state index in [0.717, 1.165) is 37.9 Å². The number of anilines is 1. The quantitative estimate of drug-likeness (QED) is 0.147. The second-order valence-electron chi connectivity index (χ2n) is 10.0. The molecule has 1 aromatic rings. The maximum atomic E-state index is 14.2. The van der Waals surface area contributed by atoms with E-state index in [9.17, 15) is 23.5 Å². The lowest BCUT2D eigenvalue weighted by atomic mass is 10.1. The molecule has 1 aliphatic heterocycles. The van der Waals surface area contributed by atoms with Gasteiger partial charge in [-0.25, -0.2) is 9.59 Å². The van der Waals surface area contributed by atoms with Crippen LogP contribution in [0.2, 0.25) is 0 Å². The lowest BCUT2D eigenvalue weighted by Crippen LogP contribution is -2.41. The molecule has 2 rings (SSSR count). The number of rotatable bonds is 19. The zero-order valence-corrected chi connectivity index (χ0v) is 23.0. The van der Waals surface area contributed by atoms with Gasteiger partial charge in [0.1, 0.15) is 11.9 Å². The summed E-state index contributed by atoms with van der Waals surface area (Å²) < 4.78 is 39.0. The van der Waals surface area contributed by atoms with Crippen molar-refractivity contribution in [1.82, 2.24) is 9.55 Å². The molecule has 0 aromatic carbocycles. The zero-order valence-electron chi connectivity index (χ0n) is 23.0. The molecular formula is C28H45F2N3O6. The Bertz CT molecular complexity index is 927. The molecule has 11 heteroatoms. The number of aromatic nitrogens is 2. The van der Waals surface area contributed by atoms with E-state index in [0.29, 0.717) is 11.0 Å². The summed E-state index contributed by atoms with van der Waals surface area (Å²) >= 11 is 0. The Morgan fingerprint density at radius 1 is 1.08 bits per heavy atom. The molecule has 1 aromatic heterocycles. The summed E-state index contributed by atoms with van der Waals surface area (Å²) in [7, 11) is 0. The van der Waals surface area contributed by atoms with Gasteiger partial charge in [0, 0.05) is 6.20 Å². The van der Waals surface area contributed by atoms with Gasteiger partial charge in [-0.1, -0.05) is 76.9 Å². The predicted molar refractivity (Wildman–Crippen MR) is 145 cm³/mol. The number of hydrogen-bond acceptors (Lipinski definition) is 7. The molecule has 3 atom stereocenters. The summed E-state index contributed by atoms with van der Waals surface area (Å²) in [5.41, 5.74) is -1.11. The Morgan fingerprint density at radius 3 is 2.23 bits per heavy atom. The molecule has 0 radical (unpaired) electrons. The van der Waals surface area contributed by atoms with Gasteiger partial charge < -0.3 is 19.7 Å². The van der Waals surface area contributed by atoms with E-state index in [1.807, 2.05) is 0 Å². The molecule has 1 saturated heterocycles. The smallest absolute Gasteiger partial charge is 0.412 e. The number of nitrogens with one attached hydrogen (secondary N) is 1. The van der Waals surface area contributed by atoms with Gasteiger partial charge in [-0.3, -0.25) is 9.88 Å². The third kappa shape index (κ3) is 11.3. The zero-order chi connectivity index (χ0) is 28.5. The summed E-state index contributed by atoms with van der Waals surface area (Å²) in [6, 6.07) is 1.14. The van der Waals surface area contributed by atoms with Gasteiger partial charge in [0.2, 0.25) is 6.23 Å². The number of halogens is 2. The number of ether oxygens (including phenoxy) is 2. The van der Waals surface area contributed by atoms with Crippen molar-refractivity contribution >= 4 is 11.9 Å². The summed E-state index contributed by atoms with van der Waals surface area (Å²) in [5.74, 6) is -3.97. The first-order valence-corrected chi connectivity index (χ1v) is 14.3. The standard InChI is InChI=1S/C28H45F2N3O6/c1-2-3-4-5-6-7-8-9-10-11-12-13-14-15-16-17-20-38-27(37)32-23-18-19-33(26(36)31-23)25-28(29,30)24(35)22(21-34)39-25/h9-10,18-19,22,24-25,34-35H,2-8,11-17,20-21H2,1H3,(H,31,32,36,37)/b10-9-/t22-,24+,25-/m1/s1. The highest BCUT2D eigenvalue weighted by Crippen LogP contribution is 2.41. The number of unbranched alkanes of at least 4 members (excludes halogenated alkanes) is 12. The number of aliphatic hydroxyl groups excluding tert-OH is 2. The molecule has 0 spiro atoms. The Labute approximate surface area is 229 Å². The van der Waals surface area contributed by atoms with Crippen molar-refractivity contribution in [3.63, 3.8) is 0 Å². The van der Waals surface area contributed by atoms with Crippen molar-refractivity contribution in [2.45, 2.75) is 121 Å². The van der Waals surface area contributed by atoms with Crippen LogP contribution in [0.25, 0.3) is 0 Å². The number of allylic oxidation sites excluding steroid dienone is 2. The topological polar surface area (TPSA) is 123 Å². The van der Waals surface area contributed by atoms with Crippen LogP contribution in [0.1, 0.15) is 103 Å². The third-order valence-electron chi connectivity index (χ3n) is 6.76. The van der Waals surface area contributed by atoms with Gasteiger partial charge >= 0.3 is 17.7 Å². The molecule has 3 N–H and O–H groups in total. The second-order valence-corrected chi connectivity index (χ2v) is 10.0. The van der Waals surface area contributed by atoms with Crippen LogP contribution in [-0.4, -0.2) is 57.2 Å². The lowest BCUT2D eigenvalue weighted by molar-refractivity contribution is -0.140. The Hall–Kier alpha value is -2.37. The number of alkyl halides is 2. The SMILES string of the molecule is CCCCCCCC/C=C\CCCCCCCCOC(=O)Nc1ccn([C@@H]2O[C@H](CO)[C@H](O)C2(F)F)c(=O)n1. The first-order valence-electron chi connectivity index (χ1n) is 14.3. The summed E-state index contributed by atoms with van der Waals surface area (Å²) in [6.45, 7) is 1.62. The van der Waals surface area contributed by atoms with Crippen LogP contribution in [-0.2, 0) is 9.47 Å². The molecule has 1 fully saturated rings. The fourth-order valence-corrected chi connectivity index (χ4v) is 4.43. The van der Waals surface area contributed by atoms with E-state index in [4.69, 9.17) is 14.6 Å². The van der Waals surface area contributed by atoms with Crippen LogP contribution in [0, 0.1) is 0 Å². The van der Waals surface area contributed by atoms with Crippen molar-refractivity contribution in [2.24, 2.45) is 0 Å². The second kappa shape index (κ2) is 18.1. The average Bonchev–Trinajstić information content (AvgIpc) is 3.14. The highest BCUT2D eigenvalue weighted by molar-refractivity contribution is 5.83. The molecule has 1 aliphatic rings. The molecule has 0 unspecified atom stereocenters. The number of carbonyl (C=O) groups is 1. The molecule has 0 aliphatic carbocycles. The molecule has 39 heavy (non-hydrogen) atoms. The third-order valence-corrected chi connectivity index (χ3v) is 6.76. The maximum absolute atomic E-state index is 14.2. The Morgan fingerprint density at radius 2 is 1.67 bits per heavy atom. The number of nitrogens with zero attached hydrogens (tertiary/aromatic N) is 2. The van der Waals surface area contributed by atoms with Gasteiger partial charge in [0.25, 0.3) is 0 Å². The van der Waals surface area contributed by atoms with Gasteiger partial charge in [-0.2, -0.15) is 13.8 Å². The van der Waals surface area contributed by atoms with Gasteiger partial charge in [0.15, 0.2) is 6.10 Å². The van der Waals surface area contributed by atoms with Crippen LogP contribution in [0.5, 0.6) is 0 Å². The fraction of sp³-hybridized carbons (Fsp3) is 0.750. The number of carbonyl (C=O) groups excluding carboxylic acids is 1. The van der Waals surface area contributed by atoms with E-state index < -0.39 is 42.7 Å². The largest absolute Gasteiger partial charge is 0.449 e. The van der Waals surface area contributed by atoms with Gasteiger partial charge in [-0.15, -0.1) is 0 Å². The van der Waals surface area contributed by atoms with Crippen molar-refractivity contribution in [3.05, 3.63) is 34.9 Å². The number of amides is 1. The lowest BCUT2D eigenvalue weighted by Gasteiger charge is -2.21. The monoisotopic (exact) mass is 557 g/mol. The van der Waals surface area contributed by atoms with Crippen molar-refractivity contribution in [3.8, 4) is 0 Å². The van der Waals surface area contributed by atoms with E-state index >= 15 is 0 Å². The fourth-order valence-electron chi connectivity index (χ4n) is 4.43. The average molecular weight is 558 g/mol. The van der Waals surface area contributed by atoms with Gasteiger partial charge in [0.05, 0.1) is 13.2 Å². The molecule has 1 amide bonds. The molecule has 222 valence electrons. The van der Waals surface area contributed by atoms with Gasteiger partial charge in [-0.05, 0) is 38.2 Å².